The lowest BCUT2D eigenvalue weighted by Gasteiger charge is -2.27. The molecule has 0 saturated carbocycles. The minimum absolute atomic E-state index is 0.00394. The molecule has 1 aliphatic heterocycles. The first kappa shape index (κ1) is 81.8. The summed E-state index contributed by atoms with van der Waals surface area (Å²) in [5.41, 5.74) is -0.758. The maximum Gasteiger partial charge on any atom is 0.311 e. The van der Waals surface area contributed by atoms with Gasteiger partial charge in [0.15, 0.2) is 0 Å². The summed E-state index contributed by atoms with van der Waals surface area (Å²) in [7, 11) is 0. The fourth-order valence-corrected chi connectivity index (χ4v) is 9.37. The van der Waals surface area contributed by atoms with Crippen LogP contribution in [0.15, 0.2) is 0 Å². The number of ether oxygens (including phenoxy) is 3. The van der Waals surface area contributed by atoms with E-state index in [1.807, 2.05) is 34.6 Å². The fraction of sp³-hybridized carbons (Fsp3) is 0.956. The van der Waals surface area contributed by atoms with Gasteiger partial charge in [0, 0.05) is 13.0 Å². The van der Waals surface area contributed by atoms with Crippen molar-refractivity contribution in [1.82, 2.24) is 4.90 Å². The predicted molar refractivity (Wildman–Crippen MR) is 334 cm³/mol. The molecule has 464 valence electrons. The Morgan fingerprint density at radius 1 is 0.455 bits per heavy atom. The Labute approximate surface area is 481 Å². The van der Waals surface area contributed by atoms with E-state index in [0.717, 1.165) is 83.0 Å². The van der Waals surface area contributed by atoms with Crippen molar-refractivity contribution < 1.29 is 38.8 Å². The van der Waals surface area contributed by atoms with E-state index in [4.69, 9.17) is 24.4 Å². The highest BCUT2D eigenvalue weighted by Crippen LogP contribution is 2.30. The predicted octanol–water partition coefficient (Wildman–Crippen LogP) is 20.6. The molecule has 0 spiro atoms. The molecule has 77 heavy (non-hydrogen) atoms. The number of unbranched alkanes of at least 4 members (excludes halogenated alkanes) is 24. The Morgan fingerprint density at radius 2 is 0.766 bits per heavy atom. The standard InChI is InChI=1S/C29H57NO2.C29H58O4.C4H8O2.C4H10.C2H6/c1-5-7-9-11-12-16-22-27(21-15-10-8-6-2)32-28(31)29(3,4)23-17-13-14-18-24-30-25-19-20-26-30;1-5-7-9-11-13-17-21-27(22-18-14-12-10-8-6-2)33-28(31)29(3,4)23-19-15-16-20-25-32-26-24-30;1-2-3-4(5)6;1-4(2)3;1-2/h27H,5-26H2,1-4H3;27,30H,5-26H2,1-4H3;2-3H2,1H3,(H,5,6);4H,1-3H3;1-2H3. The number of rotatable bonds is 48. The minimum Gasteiger partial charge on any atom is -0.481 e. The molecule has 1 aliphatic rings. The molecule has 9 nitrogen and oxygen atoms in total. The van der Waals surface area contributed by atoms with Crippen LogP contribution in [-0.2, 0) is 28.6 Å². The summed E-state index contributed by atoms with van der Waals surface area (Å²) in [5.74, 6) is 0.161. The summed E-state index contributed by atoms with van der Waals surface area (Å²) >= 11 is 0. The quantitative estimate of drug-likeness (QED) is 0.0453. The summed E-state index contributed by atoms with van der Waals surface area (Å²) in [6, 6.07) is 0. The molecule has 0 bridgehead atoms. The first-order valence-corrected chi connectivity index (χ1v) is 33.5. The summed E-state index contributed by atoms with van der Waals surface area (Å²) in [4.78, 5) is 38.2. The summed E-state index contributed by atoms with van der Waals surface area (Å²) < 4.78 is 17.5. The van der Waals surface area contributed by atoms with Crippen LogP contribution in [0.4, 0.5) is 0 Å². The van der Waals surface area contributed by atoms with Crippen LogP contribution < -0.4 is 0 Å². The monoisotopic (exact) mass is 1100 g/mol. The van der Waals surface area contributed by atoms with Gasteiger partial charge in [-0.3, -0.25) is 14.4 Å². The third kappa shape index (κ3) is 61.8. The maximum absolute atomic E-state index is 13.0. The molecule has 0 aromatic carbocycles. The van der Waals surface area contributed by atoms with Gasteiger partial charge in [-0.05, 0) is 150 Å². The molecule has 1 fully saturated rings. The van der Waals surface area contributed by atoms with Crippen LogP contribution in [-0.4, -0.2) is 84.7 Å². The molecule has 1 saturated heterocycles. The van der Waals surface area contributed by atoms with Crippen molar-refractivity contribution in [2.24, 2.45) is 16.7 Å². The number of aliphatic carboxylic acids is 1. The molecule has 1 heterocycles. The molecular formula is C68H139NO8. The van der Waals surface area contributed by atoms with Gasteiger partial charge < -0.3 is 29.3 Å². The molecule has 0 aliphatic carbocycles. The van der Waals surface area contributed by atoms with E-state index in [0.29, 0.717) is 19.6 Å². The smallest absolute Gasteiger partial charge is 0.311 e. The molecule has 0 aromatic rings. The van der Waals surface area contributed by atoms with E-state index < -0.39 is 11.4 Å². The van der Waals surface area contributed by atoms with Gasteiger partial charge in [0.05, 0.1) is 24.0 Å². The number of nitrogens with zero attached hydrogens (tertiary/aromatic N) is 1. The largest absolute Gasteiger partial charge is 0.481 e. The summed E-state index contributed by atoms with van der Waals surface area (Å²) in [6.45, 7) is 34.8. The van der Waals surface area contributed by atoms with Crippen molar-refractivity contribution in [2.45, 2.75) is 366 Å². The van der Waals surface area contributed by atoms with Gasteiger partial charge >= 0.3 is 17.9 Å². The number of carboxylic acid groups (broad SMARTS) is 1. The first-order chi connectivity index (χ1) is 37.0. The number of carboxylic acids is 1. The molecule has 0 amide bonds. The van der Waals surface area contributed by atoms with E-state index >= 15 is 0 Å². The second-order valence-electron chi connectivity index (χ2n) is 24.4. The Bertz CT molecular complexity index is 1180. The van der Waals surface area contributed by atoms with Gasteiger partial charge in [-0.25, -0.2) is 0 Å². The van der Waals surface area contributed by atoms with Gasteiger partial charge in [-0.1, -0.05) is 223 Å². The zero-order valence-electron chi connectivity index (χ0n) is 54.6. The number of likely N-dealkylation sites (tertiary alicyclic amines) is 1. The Kier molecular flexibility index (Phi) is 65.7. The average molecular weight is 1100 g/mol. The van der Waals surface area contributed by atoms with Crippen LogP contribution in [0.25, 0.3) is 0 Å². The van der Waals surface area contributed by atoms with Crippen LogP contribution in [0.3, 0.4) is 0 Å². The zero-order chi connectivity index (χ0) is 58.7. The molecule has 1 unspecified atom stereocenters. The van der Waals surface area contributed by atoms with Crippen molar-refractivity contribution in [3.05, 3.63) is 0 Å². The second kappa shape index (κ2) is 61.9. The van der Waals surface area contributed by atoms with Crippen molar-refractivity contribution in [3.63, 3.8) is 0 Å². The van der Waals surface area contributed by atoms with Gasteiger partial charge in [0.1, 0.15) is 12.2 Å². The number of carbonyl (C=O) groups excluding carboxylic acids is 2. The lowest BCUT2D eigenvalue weighted by molar-refractivity contribution is -0.161. The molecule has 0 radical (unpaired) electrons. The highest BCUT2D eigenvalue weighted by atomic mass is 16.5. The van der Waals surface area contributed by atoms with Crippen LogP contribution in [0.1, 0.15) is 354 Å². The molecular weight excluding hydrogens is 959 g/mol. The number of aliphatic hydroxyl groups is 1. The Morgan fingerprint density at radius 3 is 1.09 bits per heavy atom. The Hall–Kier alpha value is -1.71. The van der Waals surface area contributed by atoms with E-state index in [1.54, 1.807) is 0 Å². The van der Waals surface area contributed by atoms with Gasteiger partial charge in [0.2, 0.25) is 0 Å². The van der Waals surface area contributed by atoms with Crippen LogP contribution in [0.2, 0.25) is 0 Å². The second-order valence-corrected chi connectivity index (χ2v) is 24.4. The zero-order valence-corrected chi connectivity index (χ0v) is 54.6. The van der Waals surface area contributed by atoms with Crippen LogP contribution in [0, 0.1) is 16.7 Å². The first-order valence-electron chi connectivity index (χ1n) is 33.5. The average Bonchev–Trinajstić information content (AvgIpc) is 3.92. The lowest BCUT2D eigenvalue weighted by atomic mass is 9.86. The van der Waals surface area contributed by atoms with E-state index in [2.05, 4.69) is 67.2 Å². The third-order valence-electron chi connectivity index (χ3n) is 14.4. The van der Waals surface area contributed by atoms with Crippen molar-refractivity contribution in [2.75, 3.05) is 39.5 Å². The molecule has 0 aromatic heterocycles. The highest BCUT2D eigenvalue weighted by Gasteiger charge is 2.32. The Balaban J connectivity index is -0.000000571. The van der Waals surface area contributed by atoms with Gasteiger partial charge in [0.25, 0.3) is 0 Å². The van der Waals surface area contributed by atoms with Crippen molar-refractivity contribution in [1.29, 1.82) is 0 Å². The number of hydrogen-bond acceptors (Lipinski definition) is 8. The topological polar surface area (TPSA) is 123 Å². The van der Waals surface area contributed by atoms with Crippen molar-refractivity contribution >= 4 is 17.9 Å². The number of esters is 2. The summed E-state index contributed by atoms with van der Waals surface area (Å²) in [6.07, 6.45) is 47.5. The van der Waals surface area contributed by atoms with Crippen LogP contribution in [0.5, 0.6) is 0 Å². The van der Waals surface area contributed by atoms with E-state index in [1.165, 1.54) is 193 Å². The van der Waals surface area contributed by atoms with Gasteiger partial charge in [-0.2, -0.15) is 0 Å². The maximum atomic E-state index is 13.0. The van der Waals surface area contributed by atoms with Gasteiger partial charge in [-0.15, -0.1) is 0 Å². The minimum atomic E-state index is -0.711. The van der Waals surface area contributed by atoms with Crippen LogP contribution >= 0.6 is 0 Å². The van der Waals surface area contributed by atoms with Crippen molar-refractivity contribution in [3.8, 4) is 0 Å². The normalized spacial score (nSPS) is 12.9. The number of carbonyl (C=O) groups is 3. The SMILES string of the molecule is CC.CC(C)C.CCCC(=O)O.CCCCCCCCC(CCCCCC)OC(=O)C(C)(C)CCCCCCN1CCCC1.CCCCCCCCC(CCCCCCCC)OC(=O)C(C)(C)CCCCCCOCCO. The van der Waals surface area contributed by atoms with E-state index in [9.17, 15) is 14.4 Å². The number of aliphatic hydroxyl groups excluding tert-OH is 1. The molecule has 9 heteroatoms. The lowest BCUT2D eigenvalue weighted by Crippen LogP contribution is -2.31. The molecule has 2 N–H and O–H groups in total. The highest BCUT2D eigenvalue weighted by molar-refractivity contribution is 5.76. The molecule has 1 rings (SSSR count). The summed E-state index contributed by atoms with van der Waals surface area (Å²) in [5, 5.41) is 16.6. The number of hydrogen-bond donors (Lipinski definition) is 2. The third-order valence-corrected chi connectivity index (χ3v) is 14.4. The molecule has 1 atom stereocenters. The fourth-order valence-electron chi connectivity index (χ4n) is 9.37. The van der Waals surface area contributed by atoms with E-state index in [-0.39, 0.29) is 36.2 Å².